The molecule has 2 atom stereocenters. The van der Waals surface area contributed by atoms with Gasteiger partial charge in [-0.05, 0) is 29.8 Å². The quantitative estimate of drug-likeness (QED) is 0.673. The Labute approximate surface area is 172 Å². The van der Waals surface area contributed by atoms with Crippen LogP contribution in [-0.2, 0) is 4.79 Å². The molecule has 8 nitrogen and oxygen atoms in total. The molecule has 2 aromatic carbocycles. The van der Waals surface area contributed by atoms with Gasteiger partial charge in [0.2, 0.25) is 11.9 Å². The normalized spacial score (nSPS) is 17.6. The molecule has 2 heterocycles. The Morgan fingerprint density at radius 1 is 1.20 bits per heavy atom. The van der Waals surface area contributed by atoms with Crippen molar-refractivity contribution < 1.29 is 18.7 Å². The Morgan fingerprint density at radius 2 is 1.97 bits per heavy atom. The lowest BCUT2D eigenvalue weighted by atomic mass is 9.88. The van der Waals surface area contributed by atoms with Gasteiger partial charge >= 0.3 is 0 Å². The Morgan fingerprint density at radius 3 is 2.67 bits per heavy atom. The summed E-state index contributed by atoms with van der Waals surface area (Å²) in [6, 6.07) is 10.5. The summed E-state index contributed by atoms with van der Waals surface area (Å²) in [5.41, 5.74) is 1.64. The van der Waals surface area contributed by atoms with E-state index in [0.717, 1.165) is 0 Å². The largest absolute Gasteiger partial charge is 0.497 e. The molecule has 1 amide bonds. The van der Waals surface area contributed by atoms with Crippen LogP contribution in [0, 0.1) is 11.7 Å². The Balaban J connectivity index is 1.71. The maximum Gasteiger partial charge on any atom is 0.236 e. The Hall–Kier alpha value is -3.88. The van der Waals surface area contributed by atoms with Crippen LogP contribution in [0.1, 0.15) is 11.6 Å². The molecule has 0 bridgehead atoms. The number of aromatic nitrogens is 3. The smallest absolute Gasteiger partial charge is 0.236 e. The molecule has 0 aliphatic carbocycles. The fourth-order valence-corrected chi connectivity index (χ4v) is 3.50. The van der Waals surface area contributed by atoms with Gasteiger partial charge in [-0.3, -0.25) is 4.79 Å². The molecule has 3 aromatic rings. The molecule has 1 aliphatic rings. The van der Waals surface area contributed by atoms with Crippen molar-refractivity contribution in [3.05, 3.63) is 72.4 Å². The summed E-state index contributed by atoms with van der Waals surface area (Å²) in [7, 11) is 3.06. The maximum atomic E-state index is 13.5. The molecule has 30 heavy (non-hydrogen) atoms. The van der Waals surface area contributed by atoms with Gasteiger partial charge in [0.15, 0.2) is 0 Å². The number of halogens is 1. The molecule has 0 fully saturated rings. The second-order valence-electron chi connectivity index (χ2n) is 6.71. The Bertz CT molecular complexity index is 1100. The first kappa shape index (κ1) is 19.4. The Kier molecular flexibility index (Phi) is 5.09. The lowest BCUT2D eigenvalue weighted by molar-refractivity contribution is -0.119. The highest BCUT2D eigenvalue weighted by atomic mass is 19.1. The monoisotopic (exact) mass is 409 g/mol. The van der Waals surface area contributed by atoms with Gasteiger partial charge in [0.05, 0.1) is 25.9 Å². The minimum Gasteiger partial charge on any atom is -0.497 e. The van der Waals surface area contributed by atoms with Crippen LogP contribution in [0.4, 0.5) is 16.0 Å². The van der Waals surface area contributed by atoms with Gasteiger partial charge in [0.25, 0.3) is 0 Å². The maximum absolute atomic E-state index is 13.5. The molecule has 1 aromatic heterocycles. The van der Waals surface area contributed by atoms with E-state index in [-0.39, 0.29) is 11.7 Å². The number of nitrogens with zero attached hydrogens (tertiary/aromatic N) is 3. The summed E-state index contributed by atoms with van der Waals surface area (Å²) in [5.74, 6) is 0.0829. The van der Waals surface area contributed by atoms with Crippen LogP contribution >= 0.6 is 0 Å². The molecule has 0 radical (unpaired) electrons. The van der Waals surface area contributed by atoms with Crippen molar-refractivity contribution in [2.45, 2.75) is 6.04 Å². The molecule has 9 heteroatoms. The molecule has 4 rings (SSSR count). The van der Waals surface area contributed by atoms with E-state index in [9.17, 15) is 9.18 Å². The fourth-order valence-electron chi connectivity index (χ4n) is 3.50. The van der Waals surface area contributed by atoms with Crippen molar-refractivity contribution in [3.8, 4) is 11.5 Å². The van der Waals surface area contributed by atoms with Crippen molar-refractivity contribution in [2.24, 2.45) is 5.92 Å². The summed E-state index contributed by atoms with van der Waals surface area (Å²) in [6.07, 6.45) is 1.39. The lowest BCUT2D eigenvalue weighted by Crippen LogP contribution is -2.39. The van der Waals surface area contributed by atoms with Crippen LogP contribution in [0.3, 0.4) is 0 Å². The standard InChI is InChI=1S/C21H20FN5O3/c1-12-18(20(28)26-16-9-8-15(29-2)10-17(16)30-3)19(13-4-6-14(22)7-5-13)27-21(25-12)23-11-24-27/h4-11,18-19H,1H2,2-3H3,(H,26,28)(H,23,24,25)/t18-,19-/m1/s1. The van der Waals surface area contributed by atoms with Gasteiger partial charge in [0, 0.05) is 11.8 Å². The van der Waals surface area contributed by atoms with Gasteiger partial charge in [0.1, 0.15) is 29.6 Å². The topological polar surface area (TPSA) is 90.3 Å². The van der Waals surface area contributed by atoms with Gasteiger partial charge in [-0.15, -0.1) is 0 Å². The highest BCUT2D eigenvalue weighted by molar-refractivity contribution is 5.97. The number of hydrogen-bond donors (Lipinski definition) is 2. The third-order valence-electron chi connectivity index (χ3n) is 4.96. The van der Waals surface area contributed by atoms with Gasteiger partial charge < -0.3 is 20.1 Å². The van der Waals surface area contributed by atoms with Crippen molar-refractivity contribution in [2.75, 3.05) is 24.9 Å². The van der Waals surface area contributed by atoms with E-state index in [4.69, 9.17) is 9.47 Å². The first-order valence-corrected chi connectivity index (χ1v) is 9.15. The third-order valence-corrected chi connectivity index (χ3v) is 4.96. The van der Waals surface area contributed by atoms with Crippen LogP contribution in [0.15, 0.2) is 61.1 Å². The van der Waals surface area contributed by atoms with E-state index in [0.29, 0.717) is 34.4 Å². The van der Waals surface area contributed by atoms with Crippen LogP contribution in [0.5, 0.6) is 11.5 Å². The lowest BCUT2D eigenvalue weighted by Gasteiger charge is -2.33. The van der Waals surface area contributed by atoms with Crippen molar-refractivity contribution in [3.63, 3.8) is 0 Å². The zero-order valence-electron chi connectivity index (χ0n) is 16.4. The summed E-state index contributed by atoms with van der Waals surface area (Å²) in [5, 5.41) is 10.2. The zero-order valence-corrected chi connectivity index (χ0v) is 16.4. The molecule has 154 valence electrons. The van der Waals surface area contributed by atoms with Crippen LogP contribution in [0.2, 0.25) is 0 Å². The molecular formula is C21H20FN5O3. The average molecular weight is 409 g/mol. The predicted molar refractivity (Wildman–Crippen MR) is 109 cm³/mol. The molecule has 0 saturated carbocycles. The number of nitrogens with one attached hydrogen (secondary N) is 2. The van der Waals surface area contributed by atoms with Gasteiger partial charge in [-0.1, -0.05) is 18.7 Å². The first-order valence-electron chi connectivity index (χ1n) is 9.15. The zero-order chi connectivity index (χ0) is 21.3. The summed E-state index contributed by atoms with van der Waals surface area (Å²) in [6.45, 7) is 4.02. The number of methoxy groups -OCH3 is 2. The minimum atomic E-state index is -0.739. The minimum absolute atomic E-state index is 0.327. The number of anilines is 2. The number of rotatable bonds is 5. The number of amides is 1. The van der Waals surface area contributed by atoms with Crippen molar-refractivity contribution in [1.82, 2.24) is 14.8 Å². The summed E-state index contributed by atoms with van der Waals surface area (Å²) in [4.78, 5) is 17.5. The molecule has 2 N–H and O–H groups in total. The number of benzene rings is 2. The third kappa shape index (κ3) is 3.45. The second kappa shape index (κ2) is 7.86. The number of carbonyl (C=O) groups is 1. The van der Waals surface area contributed by atoms with E-state index in [1.807, 2.05) is 0 Å². The number of carbonyl (C=O) groups excluding carboxylic acids is 1. The fraction of sp³-hybridized carbons (Fsp3) is 0.190. The first-order chi connectivity index (χ1) is 14.5. The SMILES string of the molecule is C=C1Nc2ncnn2[C@H](c2ccc(F)cc2)[C@@H]1C(=O)Nc1ccc(OC)cc1OC. The molecule has 0 unspecified atom stereocenters. The van der Waals surface area contributed by atoms with Gasteiger partial charge in [-0.2, -0.15) is 10.1 Å². The van der Waals surface area contributed by atoms with Crippen molar-refractivity contribution >= 4 is 17.5 Å². The summed E-state index contributed by atoms with van der Waals surface area (Å²) < 4.78 is 25.6. The van der Waals surface area contributed by atoms with E-state index < -0.39 is 12.0 Å². The molecule has 0 spiro atoms. The second-order valence-corrected chi connectivity index (χ2v) is 6.71. The number of ether oxygens (including phenoxy) is 2. The van der Waals surface area contributed by atoms with E-state index >= 15 is 0 Å². The van der Waals surface area contributed by atoms with Gasteiger partial charge in [-0.25, -0.2) is 9.07 Å². The van der Waals surface area contributed by atoms with E-state index in [2.05, 4.69) is 27.3 Å². The van der Waals surface area contributed by atoms with Crippen LogP contribution in [0.25, 0.3) is 0 Å². The summed E-state index contributed by atoms with van der Waals surface area (Å²) >= 11 is 0. The van der Waals surface area contributed by atoms with E-state index in [1.165, 1.54) is 25.6 Å². The van der Waals surface area contributed by atoms with Crippen LogP contribution < -0.4 is 20.1 Å². The predicted octanol–water partition coefficient (Wildman–Crippen LogP) is 3.22. The highest BCUT2D eigenvalue weighted by Gasteiger charge is 2.39. The van der Waals surface area contributed by atoms with Crippen molar-refractivity contribution in [1.29, 1.82) is 0 Å². The average Bonchev–Trinajstić information content (AvgIpc) is 3.21. The molecule has 0 saturated heterocycles. The number of fused-ring (bicyclic) bond motifs is 1. The molecular weight excluding hydrogens is 389 g/mol. The number of hydrogen-bond acceptors (Lipinski definition) is 6. The molecule has 1 aliphatic heterocycles. The highest BCUT2D eigenvalue weighted by Crippen LogP contribution is 2.38. The van der Waals surface area contributed by atoms with E-state index in [1.54, 1.807) is 42.1 Å². The van der Waals surface area contributed by atoms with Crippen LogP contribution in [-0.4, -0.2) is 34.9 Å².